The van der Waals surface area contributed by atoms with Crippen molar-refractivity contribution in [3.8, 4) is 0 Å². The fraction of sp³-hybridized carbons (Fsp3) is 0.692. The molecule has 0 amide bonds. The van der Waals surface area contributed by atoms with E-state index in [0.717, 1.165) is 22.3 Å². The average Bonchev–Trinajstić information content (AvgIpc) is 2.78. The van der Waals surface area contributed by atoms with Gasteiger partial charge in [-0.05, 0) is 41.6 Å². The van der Waals surface area contributed by atoms with Crippen LogP contribution in [-0.2, 0) is 18.3 Å². The van der Waals surface area contributed by atoms with Gasteiger partial charge in [0.15, 0.2) is 0 Å². The van der Waals surface area contributed by atoms with Crippen LogP contribution in [-0.4, -0.2) is 15.6 Å². The number of carbonyl (C=O) groups excluding carboxylic acids is 1. The van der Waals surface area contributed by atoms with Crippen molar-refractivity contribution >= 4 is 21.7 Å². The first-order valence-electron chi connectivity index (χ1n) is 6.21. The largest absolute Gasteiger partial charge is 0.299 e. The molecule has 0 aliphatic heterocycles. The molecule has 4 heteroatoms. The second-order valence-electron chi connectivity index (χ2n) is 5.13. The zero-order valence-electron chi connectivity index (χ0n) is 10.7. The number of carbonyl (C=O) groups is 1. The van der Waals surface area contributed by atoms with Gasteiger partial charge < -0.3 is 0 Å². The zero-order chi connectivity index (χ0) is 12.6. The van der Waals surface area contributed by atoms with Crippen molar-refractivity contribution in [1.29, 1.82) is 0 Å². The number of hydrogen-bond donors (Lipinski definition) is 0. The van der Waals surface area contributed by atoms with Crippen LogP contribution >= 0.6 is 15.9 Å². The van der Waals surface area contributed by atoms with Crippen LogP contribution in [0.25, 0.3) is 0 Å². The highest BCUT2D eigenvalue weighted by Gasteiger charge is 2.30. The van der Waals surface area contributed by atoms with E-state index in [1.54, 1.807) is 0 Å². The first-order valence-corrected chi connectivity index (χ1v) is 7.00. The molecule has 3 nitrogen and oxygen atoms in total. The molecular formula is C13H19BrN2O. The lowest BCUT2D eigenvalue weighted by Crippen LogP contribution is -2.20. The third-order valence-corrected chi connectivity index (χ3v) is 4.91. The minimum atomic E-state index is 0.261. The van der Waals surface area contributed by atoms with Crippen molar-refractivity contribution in [3.63, 3.8) is 0 Å². The second kappa shape index (κ2) is 4.92. The van der Waals surface area contributed by atoms with Gasteiger partial charge in [0, 0.05) is 19.4 Å². The monoisotopic (exact) mass is 298 g/mol. The maximum absolute atomic E-state index is 12.3. The SMILES string of the molecule is Cc1nn(C)c(CC(=O)C2CCCC2C)c1Br. The number of ketones is 1. The fourth-order valence-electron chi connectivity index (χ4n) is 2.79. The molecule has 0 saturated heterocycles. The Morgan fingerprint density at radius 2 is 2.24 bits per heavy atom. The number of halogens is 1. The Hall–Kier alpha value is -0.640. The third kappa shape index (κ3) is 2.46. The summed E-state index contributed by atoms with van der Waals surface area (Å²) >= 11 is 3.52. The number of nitrogens with zero attached hydrogens (tertiary/aromatic N) is 2. The van der Waals surface area contributed by atoms with Gasteiger partial charge in [-0.2, -0.15) is 5.10 Å². The number of aromatic nitrogens is 2. The summed E-state index contributed by atoms with van der Waals surface area (Å²) in [4.78, 5) is 12.3. The zero-order valence-corrected chi connectivity index (χ0v) is 12.2. The summed E-state index contributed by atoms with van der Waals surface area (Å²) in [6.07, 6.45) is 3.96. The molecule has 0 bridgehead atoms. The van der Waals surface area contributed by atoms with E-state index in [-0.39, 0.29) is 5.92 Å². The van der Waals surface area contributed by atoms with E-state index >= 15 is 0 Å². The van der Waals surface area contributed by atoms with Crippen molar-refractivity contribution in [3.05, 3.63) is 15.9 Å². The van der Waals surface area contributed by atoms with Crippen LogP contribution < -0.4 is 0 Å². The molecule has 1 aromatic rings. The lowest BCUT2D eigenvalue weighted by atomic mass is 9.91. The van der Waals surface area contributed by atoms with Crippen molar-refractivity contribution in [1.82, 2.24) is 9.78 Å². The summed E-state index contributed by atoms with van der Waals surface area (Å²) in [6, 6.07) is 0. The van der Waals surface area contributed by atoms with Crippen molar-refractivity contribution in [2.75, 3.05) is 0 Å². The molecule has 94 valence electrons. The van der Waals surface area contributed by atoms with Gasteiger partial charge in [-0.15, -0.1) is 0 Å². The van der Waals surface area contributed by atoms with Gasteiger partial charge in [0.2, 0.25) is 0 Å². The molecule has 1 fully saturated rings. The Labute approximate surface area is 111 Å². The maximum atomic E-state index is 12.3. The van der Waals surface area contributed by atoms with Gasteiger partial charge in [-0.1, -0.05) is 13.3 Å². The van der Waals surface area contributed by atoms with E-state index in [1.807, 2.05) is 18.7 Å². The normalized spacial score (nSPS) is 24.2. The highest BCUT2D eigenvalue weighted by atomic mass is 79.9. The summed E-state index contributed by atoms with van der Waals surface area (Å²) in [5.74, 6) is 1.19. The highest BCUT2D eigenvalue weighted by molar-refractivity contribution is 9.10. The first kappa shape index (κ1) is 12.8. The van der Waals surface area contributed by atoms with E-state index in [0.29, 0.717) is 18.1 Å². The topological polar surface area (TPSA) is 34.9 Å². The Morgan fingerprint density at radius 1 is 1.53 bits per heavy atom. The molecule has 2 unspecified atom stereocenters. The lowest BCUT2D eigenvalue weighted by Gasteiger charge is -2.14. The summed E-state index contributed by atoms with van der Waals surface area (Å²) in [5.41, 5.74) is 1.96. The van der Waals surface area contributed by atoms with Gasteiger partial charge in [0.1, 0.15) is 5.78 Å². The van der Waals surface area contributed by atoms with Crippen LogP contribution in [0.5, 0.6) is 0 Å². The average molecular weight is 299 g/mol. The fourth-order valence-corrected chi connectivity index (χ4v) is 3.27. The van der Waals surface area contributed by atoms with Gasteiger partial charge in [-0.3, -0.25) is 9.48 Å². The van der Waals surface area contributed by atoms with Crippen LogP contribution in [0.15, 0.2) is 4.47 Å². The molecule has 2 atom stereocenters. The predicted octanol–water partition coefficient (Wildman–Crippen LogP) is 3.04. The van der Waals surface area contributed by atoms with Crippen LogP contribution in [0.3, 0.4) is 0 Å². The molecule has 0 N–H and O–H groups in total. The molecule has 0 spiro atoms. The third-order valence-electron chi connectivity index (χ3n) is 3.88. The van der Waals surface area contributed by atoms with E-state index in [4.69, 9.17) is 0 Å². The summed E-state index contributed by atoms with van der Waals surface area (Å²) in [7, 11) is 1.90. The Balaban J connectivity index is 2.13. The number of aryl methyl sites for hydroxylation is 2. The highest BCUT2D eigenvalue weighted by Crippen LogP contribution is 2.33. The molecule has 0 aromatic carbocycles. The van der Waals surface area contributed by atoms with Crippen molar-refractivity contribution < 1.29 is 4.79 Å². The Bertz CT molecular complexity index is 439. The van der Waals surface area contributed by atoms with Crippen LogP contribution in [0.4, 0.5) is 0 Å². The van der Waals surface area contributed by atoms with Gasteiger partial charge in [0.25, 0.3) is 0 Å². The maximum Gasteiger partial charge on any atom is 0.142 e. The van der Waals surface area contributed by atoms with Crippen LogP contribution in [0, 0.1) is 18.8 Å². The van der Waals surface area contributed by atoms with E-state index in [9.17, 15) is 4.79 Å². The Kier molecular flexibility index (Phi) is 3.71. The molecule has 1 heterocycles. The van der Waals surface area contributed by atoms with Gasteiger partial charge in [0.05, 0.1) is 15.9 Å². The van der Waals surface area contributed by atoms with Crippen molar-refractivity contribution in [2.45, 2.75) is 39.5 Å². The second-order valence-corrected chi connectivity index (χ2v) is 5.92. The number of hydrogen-bond acceptors (Lipinski definition) is 2. The van der Waals surface area contributed by atoms with Crippen molar-refractivity contribution in [2.24, 2.45) is 18.9 Å². The van der Waals surface area contributed by atoms with Crippen LogP contribution in [0.1, 0.15) is 37.6 Å². The minimum Gasteiger partial charge on any atom is -0.299 e. The molecule has 1 aliphatic carbocycles. The molecule has 1 aromatic heterocycles. The number of Topliss-reactive ketones (excluding diaryl/α,β-unsaturated/α-hetero) is 1. The quantitative estimate of drug-likeness (QED) is 0.860. The van der Waals surface area contributed by atoms with E-state index in [2.05, 4.69) is 28.0 Å². The van der Waals surface area contributed by atoms with E-state index in [1.165, 1.54) is 12.8 Å². The Morgan fingerprint density at radius 3 is 2.71 bits per heavy atom. The molecule has 1 saturated carbocycles. The summed E-state index contributed by atoms with van der Waals surface area (Å²) in [6.45, 7) is 4.15. The van der Waals surface area contributed by atoms with Gasteiger partial charge in [-0.25, -0.2) is 0 Å². The minimum absolute atomic E-state index is 0.261. The van der Waals surface area contributed by atoms with E-state index < -0.39 is 0 Å². The van der Waals surface area contributed by atoms with Crippen LogP contribution in [0.2, 0.25) is 0 Å². The molecular weight excluding hydrogens is 280 g/mol. The smallest absolute Gasteiger partial charge is 0.142 e. The molecule has 0 radical (unpaired) electrons. The predicted molar refractivity (Wildman–Crippen MR) is 70.9 cm³/mol. The summed E-state index contributed by atoms with van der Waals surface area (Å²) < 4.78 is 2.80. The summed E-state index contributed by atoms with van der Waals surface area (Å²) in [5, 5.41) is 4.33. The number of rotatable bonds is 3. The molecule has 17 heavy (non-hydrogen) atoms. The standard InChI is InChI=1S/C13H19BrN2O/c1-8-5-4-6-10(8)12(17)7-11-13(14)9(2)15-16(11)3/h8,10H,4-7H2,1-3H3. The first-order chi connectivity index (χ1) is 8.00. The molecule has 1 aliphatic rings. The lowest BCUT2D eigenvalue weighted by molar-refractivity contribution is -0.123. The van der Waals surface area contributed by atoms with Gasteiger partial charge >= 0.3 is 0 Å². The molecule has 2 rings (SSSR count).